The number of aryl methyl sites for hydroxylation is 1. The minimum Gasteiger partial charge on any atom is -0.353 e. The number of carbonyl (C=O) groups is 3. The fourth-order valence-corrected chi connectivity index (χ4v) is 4.33. The first-order valence-corrected chi connectivity index (χ1v) is 10.8. The number of benzene rings is 1. The number of rotatable bonds is 6. The lowest BCUT2D eigenvalue weighted by molar-refractivity contribution is -0.139. The van der Waals surface area contributed by atoms with Crippen LogP contribution in [0.1, 0.15) is 51.5 Å². The maximum Gasteiger partial charge on any atom is 0.228 e. The Balaban J connectivity index is 1.51. The minimum atomic E-state index is -0.293. The van der Waals surface area contributed by atoms with Crippen molar-refractivity contribution >= 4 is 23.4 Å². The number of hydrogen-bond donors (Lipinski definition) is 1. The van der Waals surface area contributed by atoms with E-state index in [4.69, 9.17) is 0 Å². The van der Waals surface area contributed by atoms with Gasteiger partial charge in [0.05, 0.1) is 5.92 Å². The van der Waals surface area contributed by atoms with Gasteiger partial charge in [-0.15, -0.1) is 0 Å². The standard InChI is InChI=1S/C23H33N3O3/c1-4-5-17(3)24-22(28)18-10-12-25(13-11-18)23(29)19-14-21(27)26(15-19)20-8-6-16(2)7-9-20/h6-9,17-19H,4-5,10-15H2,1-3H3,(H,24,28)/t17-,19+/m0/s1. The number of nitrogens with zero attached hydrogens (tertiary/aromatic N) is 2. The van der Waals surface area contributed by atoms with E-state index in [2.05, 4.69) is 12.2 Å². The maximum atomic E-state index is 13.0. The second kappa shape index (κ2) is 9.42. The predicted octanol–water partition coefficient (Wildman–Crippen LogP) is 2.89. The summed E-state index contributed by atoms with van der Waals surface area (Å²) in [6.07, 6.45) is 3.68. The average Bonchev–Trinajstić information content (AvgIpc) is 3.10. The van der Waals surface area contributed by atoms with Crippen molar-refractivity contribution in [2.75, 3.05) is 24.5 Å². The third-order valence-corrected chi connectivity index (χ3v) is 6.11. The summed E-state index contributed by atoms with van der Waals surface area (Å²) >= 11 is 0. The highest BCUT2D eigenvalue weighted by atomic mass is 16.2. The lowest BCUT2D eigenvalue weighted by atomic mass is 9.94. The van der Waals surface area contributed by atoms with Gasteiger partial charge in [0.2, 0.25) is 17.7 Å². The average molecular weight is 400 g/mol. The molecule has 2 aliphatic heterocycles. The van der Waals surface area contributed by atoms with Gasteiger partial charge < -0.3 is 15.1 Å². The number of hydrogen-bond acceptors (Lipinski definition) is 3. The molecule has 29 heavy (non-hydrogen) atoms. The number of piperidine rings is 1. The summed E-state index contributed by atoms with van der Waals surface area (Å²) in [6, 6.07) is 8.03. The SMILES string of the molecule is CCC[C@H](C)NC(=O)C1CCN(C(=O)[C@@H]2CC(=O)N(c3ccc(C)cc3)C2)CC1. The number of amides is 3. The molecule has 2 saturated heterocycles. The van der Waals surface area contributed by atoms with Crippen molar-refractivity contribution in [3.63, 3.8) is 0 Å². The topological polar surface area (TPSA) is 69.7 Å². The normalized spacial score (nSPS) is 21.3. The van der Waals surface area contributed by atoms with Gasteiger partial charge >= 0.3 is 0 Å². The molecule has 3 rings (SSSR count). The van der Waals surface area contributed by atoms with Gasteiger partial charge in [-0.05, 0) is 45.2 Å². The molecule has 6 nitrogen and oxygen atoms in total. The molecule has 6 heteroatoms. The fraction of sp³-hybridized carbons (Fsp3) is 0.609. The Kier molecular flexibility index (Phi) is 6.93. The first kappa shape index (κ1) is 21.3. The molecule has 0 saturated carbocycles. The zero-order valence-corrected chi connectivity index (χ0v) is 17.8. The van der Waals surface area contributed by atoms with Crippen LogP contribution < -0.4 is 10.2 Å². The van der Waals surface area contributed by atoms with Crippen LogP contribution in [0.15, 0.2) is 24.3 Å². The molecule has 0 bridgehead atoms. The maximum absolute atomic E-state index is 13.0. The van der Waals surface area contributed by atoms with Crippen LogP contribution in [0.3, 0.4) is 0 Å². The summed E-state index contributed by atoms with van der Waals surface area (Å²) in [5.74, 6) is -0.149. The highest BCUT2D eigenvalue weighted by molar-refractivity contribution is 6.00. The lowest BCUT2D eigenvalue weighted by Crippen LogP contribution is -2.46. The van der Waals surface area contributed by atoms with Gasteiger partial charge in [-0.25, -0.2) is 0 Å². The number of likely N-dealkylation sites (tertiary alicyclic amines) is 1. The van der Waals surface area contributed by atoms with E-state index in [1.807, 2.05) is 43.0 Å². The molecule has 2 heterocycles. The van der Waals surface area contributed by atoms with Gasteiger partial charge in [0.1, 0.15) is 0 Å². The van der Waals surface area contributed by atoms with Gasteiger partial charge in [-0.2, -0.15) is 0 Å². The van der Waals surface area contributed by atoms with Crippen molar-refractivity contribution in [3.8, 4) is 0 Å². The summed E-state index contributed by atoms with van der Waals surface area (Å²) in [4.78, 5) is 41.4. The molecule has 158 valence electrons. The van der Waals surface area contributed by atoms with Crippen LogP contribution in [0.25, 0.3) is 0 Å². The molecule has 0 spiro atoms. The first-order chi connectivity index (χ1) is 13.9. The molecule has 0 aromatic heterocycles. The van der Waals surface area contributed by atoms with E-state index in [-0.39, 0.29) is 42.0 Å². The summed E-state index contributed by atoms with van der Waals surface area (Å²) in [5.41, 5.74) is 2.00. The highest BCUT2D eigenvalue weighted by Crippen LogP contribution is 2.28. The van der Waals surface area contributed by atoms with Crippen molar-refractivity contribution in [2.45, 2.75) is 58.9 Å². The van der Waals surface area contributed by atoms with Gasteiger partial charge in [-0.3, -0.25) is 14.4 Å². The summed E-state index contributed by atoms with van der Waals surface area (Å²) in [6.45, 7) is 7.78. The van der Waals surface area contributed by atoms with E-state index in [1.165, 1.54) is 0 Å². The van der Waals surface area contributed by atoms with E-state index in [9.17, 15) is 14.4 Å². The summed E-state index contributed by atoms with van der Waals surface area (Å²) in [7, 11) is 0. The van der Waals surface area contributed by atoms with Crippen molar-refractivity contribution in [3.05, 3.63) is 29.8 Å². The van der Waals surface area contributed by atoms with E-state index < -0.39 is 0 Å². The molecular weight excluding hydrogens is 366 g/mol. The number of nitrogens with one attached hydrogen (secondary N) is 1. The smallest absolute Gasteiger partial charge is 0.228 e. The Morgan fingerprint density at radius 2 is 1.79 bits per heavy atom. The number of anilines is 1. The second-order valence-corrected chi connectivity index (χ2v) is 8.54. The molecule has 1 N–H and O–H groups in total. The third-order valence-electron chi connectivity index (χ3n) is 6.11. The first-order valence-electron chi connectivity index (χ1n) is 10.8. The number of carbonyl (C=O) groups excluding carboxylic acids is 3. The molecule has 0 radical (unpaired) electrons. The Bertz CT molecular complexity index is 738. The van der Waals surface area contributed by atoms with Crippen LogP contribution in [0.5, 0.6) is 0 Å². The summed E-state index contributed by atoms with van der Waals surface area (Å²) in [5, 5.41) is 3.09. The third kappa shape index (κ3) is 5.17. The summed E-state index contributed by atoms with van der Waals surface area (Å²) < 4.78 is 0. The predicted molar refractivity (Wildman–Crippen MR) is 113 cm³/mol. The fourth-order valence-electron chi connectivity index (χ4n) is 4.33. The van der Waals surface area contributed by atoms with E-state index in [0.717, 1.165) is 24.1 Å². The van der Waals surface area contributed by atoms with Gasteiger partial charge in [0.25, 0.3) is 0 Å². The van der Waals surface area contributed by atoms with Crippen LogP contribution in [0, 0.1) is 18.8 Å². The van der Waals surface area contributed by atoms with Crippen LogP contribution in [-0.2, 0) is 14.4 Å². The quantitative estimate of drug-likeness (QED) is 0.800. The molecule has 0 aliphatic carbocycles. The minimum absolute atomic E-state index is 0.00591. The van der Waals surface area contributed by atoms with Gasteiger partial charge in [-0.1, -0.05) is 31.0 Å². The van der Waals surface area contributed by atoms with Crippen molar-refractivity contribution < 1.29 is 14.4 Å². The zero-order chi connectivity index (χ0) is 21.0. The van der Waals surface area contributed by atoms with Gasteiger partial charge in [0.15, 0.2) is 0 Å². The molecule has 3 amide bonds. The largest absolute Gasteiger partial charge is 0.353 e. The monoisotopic (exact) mass is 399 g/mol. The van der Waals surface area contributed by atoms with Gasteiger partial charge in [0, 0.05) is 43.7 Å². The van der Waals surface area contributed by atoms with Crippen LogP contribution in [0.4, 0.5) is 5.69 Å². The molecule has 1 aromatic carbocycles. The zero-order valence-electron chi connectivity index (χ0n) is 17.8. The Morgan fingerprint density at radius 3 is 2.41 bits per heavy atom. The molecular formula is C23H33N3O3. The molecule has 2 atom stereocenters. The van der Waals surface area contributed by atoms with E-state index in [1.54, 1.807) is 4.90 Å². The molecule has 1 aromatic rings. The molecule has 2 fully saturated rings. The Morgan fingerprint density at radius 1 is 1.14 bits per heavy atom. The van der Waals surface area contributed by atoms with Crippen LogP contribution >= 0.6 is 0 Å². The molecule has 0 unspecified atom stereocenters. The lowest BCUT2D eigenvalue weighted by Gasteiger charge is -2.33. The Hall–Kier alpha value is -2.37. The van der Waals surface area contributed by atoms with Crippen molar-refractivity contribution in [1.82, 2.24) is 10.2 Å². The van der Waals surface area contributed by atoms with E-state index >= 15 is 0 Å². The highest BCUT2D eigenvalue weighted by Gasteiger charge is 2.38. The second-order valence-electron chi connectivity index (χ2n) is 8.54. The van der Waals surface area contributed by atoms with Crippen molar-refractivity contribution in [2.24, 2.45) is 11.8 Å². The van der Waals surface area contributed by atoms with Crippen LogP contribution in [0.2, 0.25) is 0 Å². The molecule has 2 aliphatic rings. The van der Waals surface area contributed by atoms with Crippen LogP contribution in [-0.4, -0.2) is 48.3 Å². The van der Waals surface area contributed by atoms with Crippen molar-refractivity contribution in [1.29, 1.82) is 0 Å². The Labute approximate surface area is 173 Å². The van der Waals surface area contributed by atoms with E-state index in [0.29, 0.717) is 32.5 Å².